The molecule has 0 amide bonds. The van der Waals surface area contributed by atoms with Crippen LogP contribution in [0.1, 0.15) is 0 Å². The van der Waals surface area contributed by atoms with Gasteiger partial charge in [0.1, 0.15) is 0 Å². The lowest BCUT2D eigenvalue weighted by atomic mass is 11.0. The van der Waals surface area contributed by atoms with Crippen LogP contribution in [0, 0.1) is 0 Å². The van der Waals surface area contributed by atoms with Crippen LogP contribution in [0.5, 0.6) is 0 Å². The van der Waals surface area contributed by atoms with Crippen LogP contribution in [-0.4, -0.2) is 54.1 Å². The molecule has 44 valence electrons. The second-order valence-electron chi connectivity index (χ2n) is 1.62. The maximum atomic E-state index is 2.56. The third-order valence-corrected chi connectivity index (χ3v) is 4.02. The van der Waals surface area contributed by atoms with E-state index in [0.29, 0.717) is 0 Å². The Bertz CT molecular complexity index is 31.7. The van der Waals surface area contributed by atoms with E-state index in [1.807, 2.05) is 0 Å². The van der Waals surface area contributed by atoms with Crippen molar-refractivity contribution >= 4 is 30.7 Å². The van der Waals surface area contributed by atoms with E-state index >= 15 is 0 Å². The first-order valence-corrected chi connectivity index (χ1v) is 7.31. The van der Waals surface area contributed by atoms with E-state index in [-0.39, 0.29) is 0 Å². The van der Waals surface area contributed by atoms with Gasteiger partial charge in [0.15, 0.2) is 0 Å². The van der Waals surface area contributed by atoms with Crippen molar-refractivity contribution in [1.82, 2.24) is 4.90 Å². The molecule has 0 unspecified atom stereocenters. The zero-order chi connectivity index (χ0) is 5.70. The summed E-state index contributed by atoms with van der Waals surface area (Å²) in [6.07, 6.45) is 4.19. The molecule has 0 N–H and O–H groups in total. The minimum atomic E-state index is 1.36. The third kappa shape index (κ3) is 3.22. The lowest BCUT2D eigenvalue weighted by Crippen LogP contribution is -2.27. The van der Waals surface area contributed by atoms with Crippen molar-refractivity contribution in [2.75, 3.05) is 18.5 Å². The number of hydrogen-bond acceptors (Lipinski definition) is 1. The second-order valence-corrected chi connectivity index (χ2v) is 3.52. The summed E-state index contributed by atoms with van der Waals surface area (Å²) in [5, 5.41) is 0. The molecule has 0 aromatic carbocycles. The molecule has 0 rings (SSSR count). The van der Waals surface area contributed by atoms with Crippen molar-refractivity contribution in [2.24, 2.45) is 0 Å². The number of hydrogen-bond donors (Lipinski definition) is 0. The van der Waals surface area contributed by atoms with Crippen molar-refractivity contribution in [3.63, 3.8) is 0 Å². The van der Waals surface area contributed by atoms with Crippen molar-refractivity contribution in [3.8, 4) is 0 Å². The van der Waals surface area contributed by atoms with E-state index in [0.717, 1.165) is 0 Å². The molecule has 0 saturated carbocycles. The van der Waals surface area contributed by atoms with E-state index in [9.17, 15) is 0 Å². The van der Waals surface area contributed by atoms with Gasteiger partial charge in [0.25, 0.3) is 0 Å². The van der Waals surface area contributed by atoms with Crippen LogP contribution in [0.25, 0.3) is 0 Å². The standard InChI is InChI=1S/C3H15NSi3/c5-1-4(2-6)3-7/h1-3H2,5-7H3. The Balaban J connectivity index is 2.99. The number of nitrogens with zero attached hydrogens (tertiary/aromatic N) is 1. The molecule has 1 nitrogen and oxygen atoms in total. The molecule has 0 aromatic heterocycles. The van der Waals surface area contributed by atoms with Gasteiger partial charge in [-0.1, -0.05) is 0 Å². The van der Waals surface area contributed by atoms with Gasteiger partial charge in [-0.3, -0.25) is 0 Å². The van der Waals surface area contributed by atoms with Gasteiger partial charge in [0.05, 0.1) is 0 Å². The highest BCUT2D eigenvalue weighted by Crippen LogP contribution is 1.74. The minimum absolute atomic E-state index is 1.36. The van der Waals surface area contributed by atoms with Gasteiger partial charge in [-0.05, 0) is 18.5 Å². The molecule has 0 fully saturated rings. The maximum Gasteiger partial charge on any atom is 0.0204 e. The van der Waals surface area contributed by atoms with Crippen LogP contribution in [-0.2, 0) is 0 Å². The molecule has 0 aromatic rings. The molecule has 0 atom stereocenters. The largest absolute Gasteiger partial charge is 0.315 e. The summed E-state index contributed by atoms with van der Waals surface area (Å²) in [5.41, 5.74) is 0. The lowest BCUT2D eigenvalue weighted by molar-refractivity contribution is 0.433. The Kier molecular flexibility index (Phi) is 5.18. The van der Waals surface area contributed by atoms with Crippen molar-refractivity contribution in [3.05, 3.63) is 0 Å². The predicted octanol–water partition coefficient (Wildman–Crippen LogP) is -3.74. The second kappa shape index (κ2) is 4.76. The van der Waals surface area contributed by atoms with Gasteiger partial charge < -0.3 is 4.90 Å². The average molecular weight is 149 g/mol. The Labute approximate surface area is 54.7 Å². The normalized spacial score (nSPS) is 11.6. The molecule has 0 aliphatic carbocycles. The fourth-order valence-corrected chi connectivity index (χ4v) is 6.04. The summed E-state index contributed by atoms with van der Waals surface area (Å²) >= 11 is 0. The maximum absolute atomic E-state index is 2.56. The summed E-state index contributed by atoms with van der Waals surface area (Å²) in [4.78, 5) is 2.56. The average Bonchev–Trinajstić information content (AvgIpc) is 1.72. The smallest absolute Gasteiger partial charge is 0.0204 e. The van der Waals surface area contributed by atoms with Crippen LogP contribution in [0.2, 0.25) is 0 Å². The van der Waals surface area contributed by atoms with Crippen LogP contribution < -0.4 is 0 Å². The highest BCUT2D eigenvalue weighted by Gasteiger charge is 1.89. The zero-order valence-corrected chi connectivity index (χ0v) is 11.6. The lowest BCUT2D eigenvalue weighted by Gasteiger charge is -2.13. The van der Waals surface area contributed by atoms with Gasteiger partial charge in [0.2, 0.25) is 0 Å². The summed E-state index contributed by atoms with van der Waals surface area (Å²) in [5.74, 6) is 0. The number of rotatable bonds is 3. The van der Waals surface area contributed by atoms with E-state index in [1.54, 1.807) is 0 Å². The molecule has 7 heavy (non-hydrogen) atoms. The van der Waals surface area contributed by atoms with Crippen molar-refractivity contribution in [1.29, 1.82) is 0 Å². The molecule has 0 spiro atoms. The summed E-state index contributed by atoms with van der Waals surface area (Å²) in [7, 11) is 4.09. The molecule has 0 radical (unpaired) electrons. The summed E-state index contributed by atoms with van der Waals surface area (Å²) < 4.78 is 0. The minimum Gasteiger partial charge on any atom is -0.315 e. The highest BCUT2D eigenvalue weighted by molar-refractivity contribution is 6.13. The summed E-state index contributed by atoms with van der Waals surface area (Å²) in [6, 6.07) is 0. The highest BCUT2D eigenvalue weighted by atomic mass is 28.2. The Morgan fingerprint density at radius 2 is 1.14 bits per heavy atom. The van der Waals surface area contributed by atoms with E-state index in [1.165, 1.54) is 49.2 Å². The van der Waals surface area contributed by atoms with Crippen molar-refractivity contribution in [2.45, 2.75) is 0 Å². The first-order chi connectivity index (χ1) is 3.35. The third-order valence-electron chi connectivity index (χ3n) is 1.34. The van der Waals surface area contributed by atoms with Gasteiger partial charge in [-0.15, -0.1) is 0 Å². The van der Waals surface area contributed by atoms with E-state index in [4.69, 9.17) is 0 Å². The van der Waals surface area contributed by atoms with Crippen LogP contribution in [0.4, 0.5) is 0 Å². The molecule has 4 heteroatoms. The fourth-order valence-electron chi connectivity index (χ4n) is 0.671. The Morgan fingerprint density at radius 1 is 0.857 bits per heavy atom. The molecular weight excluding hydrogens is 134 g/mol. The molecular formula is C3H15NSi3. The van der Waals surface area contributed by atoms with Crippen LogP contribution in [0.15, 0.2) is 0 Å². The first kappa shape index (κ1) is 7.61. The van der Waals surface area contributed by atoms with E-state index in [2.05, 4.69) is 4.90 Å². The Morgan fingerprint density at radius 3 is 1.14 bits per heavy atom. The summed E-state index contributed by atoms with van der Waals surface area (Å²) in [6.45, 7) is 0. The topological polar surface area (TPSA) is 3.24 Å². The van der Waals surface area contributed by atoms with E-state index < -0.39 is 0 Å². The van der Waals surface area contributed by atoms with Crippen molar-refractivity contribution < 1.29 is 0 Å². The van der Waals surface area contributed by atoms with Gasteiger partial charge in [0, 0.05) is 30.7 Å². The SMILES string of the molecule is [SiH3]CN(C[SiH3])C[SiH3]. The quantitative estimate of drug-likeness (QED) is 0.373. The zero-order valence-electron chi connectivity index (χ0n) is 5.57. The Hall–Kier alpha value is 0.611. The molecule has 0 heterocycles. The van der Waals surface area contributed by atoms with Gasteiger partial charge in [-0.2, -0.15) is 0 Å². The van der Waals surface area contributed by atoms with Gasteiger partial charge in [-0.25, -0.2) is 0 Å². The first-order valence-electron chi connectivity index (χ1n) is 3.07. The monoisotopic (exact) mass is 149 g/mol. The molecule has 0 aliphatic rings. The molecule has 0 aliphatic heterocycles. The van der Waals surface area contributed by atoms with Crippen LogP contribution >= 0.6 is 0 Å². The van der Waals surface area contributed by atoms with Crippen LogP contribution in [0.3, 0.4) is 0 Å². The fraction of sp³-hybridized carbons (Fsp3) is 1.00. The van der Waals surface area contributed by atoms with Gasteiger partial charge >= 0.3 is 0 Å². The predicted molar refractivity (Wildman–Crippen MR) is 46.3 cm³/mol. The molecule has 0 bridgehead atoms. The molecule has 0 saturated heterocycles.